The second-order valence-electron chi connectivity index (χ2n) is 7.55. The molecular formula is C20H24N6O4. The quantitative estimate of drug-likeness (QED) is 0.549. The summed E-state index contributed by atoms with van der Waals surface area (Å²) in [6, 6.07) is 5.71. The maximum Gasteiger partial charge on any atom is 0.269 e. The number of morpholine rings is 1. The Hall–Kier alpha value is -3.27. The highest BCUT2D eigenvalue weighted by Crippen LogP contribution is 2.29. The smallest absolute Gasteiger partial charge is 0.269 e. The third-order valence-corrected chi connectivity index (χ3v) is 5.36. The summed E-state index contributed by atoms with van der Waals surface area (Å²) in [6.07, 6.45) is 0.634. The second-order valence-corrected chi connectivity index (χ2v) is 7.55. The first kappa shape index (κ1) is 20.0. The van der Waals surface area contributed by atoms with Crippen LogP contribution in [0.3, 0.4) is 0 Å². The van der Waals surface area contributed by atoms with Crippen LogP contribution < -0.4 is 9.80 Å². The van der Waals surface area contributed by atoms with Crippen molar-refractivity contribution in [2.75, 3.05) is 56.7 Å². The number of fused-ring (bicyclic) bond motifs is 1. The van der Waals surface area contributed by atoms with Crippen LogP contribution in [0.25, 0.3) is 0 Å². The lowest BCUT2D eigenvalue weighted by atomic mass is 10.0. The largest absolute Gasteiger partial charge is 0.378 e. The van der Waals surface area contributed by atoms with Gasteiger partial charge in [0.05, 0.1) is 30.4 Å². The van der Waals surface area contributed by atoms with Crippen molar-refractivity contribution in [2.45, 2.75) is 13.0 Å². The number of rotatable bonds is 4. The first-order valence-electron chi connectivity index (χ1n) is 9.87. The fourth-order valence-electron chi connectivity index (χ4n) is 3.74. The Labute approximate surface area is 174 Å². The van der Waals surface area contributed by atoms with Crippen LogP contribution in [0, 0.1) is 10.1 Å². The van der Waals surface area contributed by atoms with Crippen molar-refractivity contribution in [1.82, 2.24) is 14.9 Å². The van der Waals surface area contributed by atoms with Crippen LogP contribution >= 0.6 is 0 Å². The molecule has 0 unspecified atom stereocenters. The zero-order valence-corrected chi connectivity index (χ0v) is 17.1. The number of hydrogen-bond acceptors (Lipinski definition) is 8. The zero-order chi connectivity index (χ0) is 21.3. The number of nitro groups is 1. The summed E-state index contributed by atoms with van der Waals surface area (Å²) in [5, 5.41) is 10.8. The van der Waals surface area contributed by atoms with Crippen molar-refractivity contribution in [3.8, 4) is 0 Å². The number of carbonyl (C=O) groups is 1. The summed E-state index contributed by atoms with van der Waals surface area (Å²) in [5.41, 5.74) is 2.30. The number of carbonyl (C=O) groups excluding carboxylic acids is 1. The number of hydrogen-bond donors (Lipinski definition) is 0. The van der Waals surface area contributed by atoms with Gasteiger partial charge in [0.1, 0.15) is 5.82 Å². The number of aromatic nitrogens is 2. The molecule has 4 rings (SSSR count). The number of nitro benzene ring substituents is 1. The highest BCUT2D eigenvalue weighted by atomic mass is 16.6. The summed E-state index contributed by atoms with van der Waals surface area (Å²) >= 11 is 0. The van der Waals surface area contributed by atoms with Crippen molar-refractivity contribution in [2.24, 2.45) is 0 Å². The number of nitrogens with zero attached hydrogens (tertiary/aromatic N) is 6. The van der Waals surface area contributed by atoms with E-state index in [2.05, 4.69) is 4.90 Å². The van der Waals surface area contributed by atoms with Crippen LogP contribution in [0.15, 0.2) is 24.3 Å². The molecule has 2 aliphatic heterocycles. The number of non-ortho nitro benzene ring substituents is 1. The molecule has 0 bridgehead atoms. The minimum Gasteiger partial charge on any atom is -0.378 e. The average Bonchev–Trinajstić information content (AvgIpc) is 2.78. The van der Waals surface area contributed by atoms with Gasteiger partial charge in [0, 0.05) is 63.4 Å². The molecule has 3 heterocycles. The van der Waals surface area contributed by atoms with Gasteiger partial charge in [-0.25, -0.2) is 4.98 Å². The van der Waals surface area contributed by atoms with Crippen LogP contribution in [-0.2, 0) is 17.7 Å². The maximum atomic E-state index is 13.0. The third-order valence-electron chi connectivity index (χ3n) is 5.36. The first-order chi connectivity index (χ1) is 14.4. The van der Waals surface area contributed by atoms with Gasteiger partial charge in [0.15, 0.2) is 0 Å². The first-order valence-corrected chi connectivity index (χ1v) is 9.87. The number of anilines is 2. The predicted molar refractivity (Wildman–Crippen MR) is 111 cm³/mol. The molecule has 0 aliphatic carbocycles. The Morgan fingerprint density at radius 3 is 2.47 bits per heavy atom. The lowest BCUT2D eigenvalue weighted by molar-refractivity contribution is -0.384. The molecule has 2 aliphatic rings. The molecule has 0 N–H and O–H groups in total. The van der Waals surface area contributed by atoms with E-state index < -0.39 is 4.92 Å². The van der Waals surface area contributed by atoms with Crippen molar-refractivity contribution in [3.63, 3.8) is 0 Å². The Balaban J connectivity index is 1.59. The summed E-state index contributed by atoms with van der Waals surface area (Å²) < 4.78 is 5.43. The number of ether oxygens (including phenoxy) is 1. The molecule has 1 aromatic carbocycles. The van der Waals surface area contributed by atoms with Crippen molar-refractivity contribution < 1.29 is 14.5 Å². The molecule has 10 nitrogen and oxygen atoms in total. The van der Waals surface area contributed by atoms with E-state index in [4.69, 9.17) is 14.7 Å². The van der Waals surface area contributed by atoms with E-state index in [1.54, 1.807) is 4.90 Å². The Kier molecular flexibility index (Phi) is 5.49. The van der Waals surface area contributed by atoms with Gasteiger partial charge in [-0.15, -0.1) is 0 Å². The minimum atomic E-state index is -0.474. The average molecular weight is 412 g/mol. The van der Waals surface area contributed by atoms with E-state index in [1.165, 1.54) is 24.3 Å². The lowest BCUT2D eigenvalue weighted by Gasteiger charge is -2.33. The molecule has 30 heavy (non-hydrogen) atoms. The second kappa shape index (κ2) is 8.23. The molecule has 1 saturated heterocycles. The molecule has 0 radical (unpaired) electrons. The van der Waals surface area contributed by atoms with Gasteiger partial charge in [-0.05, 0) is 12.1 Å². The maximum absolute atomic E-state index is 13.0. The predicted octanol–water partition coefficient (Wildman–Crippen LogP) is 1.49. The molecule has 1 aromatic heterocycles. The highest BCUT2D eigenvalue weighted by molar-refractivity contribution is 5.94. The van der Waals surface area contributed by atoms with Gasteiger partial charge >= 0.3 is 0 Å². The van der Waals surface area contributed by atoms with E-state index in [0.29, 0.717) is 44.2 Å². The zero-order valence-electron chi connectivity index (χ0n) is 17.1. The van der Waals surface area contributed by atoms with Crippen LogP contribution in [0.1, 0.15) is 21.6 Å². The molecule has 1 fully saturated rings. The SMILES string of the molecule is CN(C)c1nc(N2CCOCC2)nc2c1CN(C(=O)c1ccc([N+](=O)[O-])cc1)CC2. The van der Waals surface area contributed by atoms with Gasteiger partial charge in [-0.3, -0.25) is 14.9 Å². The van der Waals surface area contributed by atoms with Crippen LogP contribution in [-0.4, -0.2) is 72.6 Å². The Morgan fingerprint density at radius 2 is 1.83 bits per heavy atom. The molecule has 1 amide bonds. The normalized spacial score (nSPS) is 16.2. The highest BCUT2D eigenvalue weighted by Gasteiger charge is 2.28. The summed E-state index contributed by atoms with van der Waals surface area (Å²) in [7, 11) is 3.87. The third kappa shape index (κ3) is 3.90. The van der Waals surface area contributed by atoms with Crippen molar-refractivity contribution in [1.29, 1.82) is 0 Å². The van der Waals surface area contributed by atoms with Crippen molar-refractivity contribution in [3.05, 3.63) is 51.2 Å². The minimum absolute atomic E-state index is 0.0329. The van der Waals surface area contributed by atoms with Crippen molar-refractivity contribution >= 4 is 23.4 Å². The molecule has 158 valence electrons. The van der Waals surface area contributed by atoms with E-state index in [-0.39, 0.29) is 11.6 Å². The van der Waals surface area contributed by atoms with Gasteiger partial charge in [0.25, 0.3) is 11.6 Å². The lowest BCUT2D eigenvalue weighted by Crippen LogP contribution is -2.40. The molecule has 0 saturated carbocycles. The van der Waals surface area contributed by atoms with Crippen LogP contribution in [0.5, 0.6) is 0 Å². The van der Waals surface area contributed by atoms with Crippen LogP contribution in [0.4, 0.5) is 17.5 Å². The molecular weight excluding hydrogens is 388 g/mol. The summed E-state index contributed by atoms with van der Waals surface area (Å²) in [4.78, 5) is 38.7. The van der Waals surface area contributed by atoms with Gasteiger partial charge in [-0.1, -0.05) is 0 Å². The molecule has 2 aromatic rings. The molecule has 0 atom stereocenters. The van der Waals surface area contributed by atoms with E-state index in [9.17, 15) is 14.9 Å². The Bertz CT molecular complexity index is 957. The van der Waals surface area contributed by atoms with Gasteiger partial charge < -0.3 is 19.4 Å². The summed E-state index contributed by atoms with van der Waals surface area (Å²) in [6.45, 7) is 3.79. The standard InChI is InChI=1S/C20H24N6O4/c1-23(2)18-16-13-25(19(27)14-3-5-15(6-4-14)26(28)29)8-7-17(16)21-20(22-18)24-9-11-30-12-10-24/h3-6H,7-13H2,1-2H3. The number of benzene rings is 1. The van der Waals surface area contributed by atoms with Gasteiger partial charge in [-0.2, -0.15) is 4.98 Å². The van der Waals surface area contributed by atoms with E-state index >= 15 is 0 Å². The van der Waals surface area contributed by atoms with Gasteiger partial charge in [0.2, 0.25) is 5.95 Å². The Morgan fingerprint density at radius 1 is 1.13 bits per heavy atom. The number of amides is 1. The molecule has 10 heteroatoms. The topological polar surface area (TPSA) is 105 Å². The summed E-state index contributed by atoms with van der Waals surface area (Å²) in [5.74, 6) is 1.36. The van der Waals surface area contributed by atoms with E-state index in [0.717, 1.165) is 30.2 Å². The van der Waals surface area contributed by atoms with Crippen LogP contribution in [0.2, 0.25) is 0 Å². The fraction of sp³-hybridized carbons (Fsp3) is 0.450. The monoisotopic (exact) mass is 412 g/mol. The van der Waals surface area contributed by atoms with E-state index in [1.807, 2.05) is 19.0 Å². The molecule has 0 spiro atoms. The fourth-order valence-corrected chi connectivity index (χ4v) is 3.74.